The van der Waals surface area contributed by atoms with E-state index in [2.05, 4.69) is 86.8 Å². The fraction of sp³-hybridized carbons (Fsp3) is 0.770. The van der Waals surface area contributed by atoms with Crippen molar-refractivity contribution in [3.8, 4) is 0 Å². The van der Waals surface area contributed by atoms with E-state index in [1.54, 1.807) is 0 Å². The molecule has 0 fully saturated rings. The Labute approximate surface area is 438 Å². The van der Waals surface area contributed by atoms with E-state index in [1.807, 2.05) is 21.1 Å². The quantitative estimate of drug-likeness (QED) is 0.0195. The highest BCUT2D eigenvalue weighted by Gasteiger charge is 2.22. The van der Waals surface area contributed by atoms with Gasteiger partial charge < -0.3 is 27.9 Å². The Bertz CT molecular complexity index is 1430. The standard InChI is InChI=1S/C61H110NO8P/c1-6-8-10-12-14-16-18-19-20-21-22-23-24-25-26-27-28-29-30-31-32-33-34-35-36-37-38-39-40-41-42-43-44-46-48-50-52-54-61(64)70-59(58-69-71(65,66)68-56-55-62(3,4)5)57-67-60(63)53-51-49-47-45-17-15-13-11-9-7-2/h8,10-11,13-14,16,19-20,22-23,25-26,59H,6-7,9,12,15,17-18,21,24,27-58H2,1-5H3/b10-8-,13-11-,16-14-,20-19-,23-22-,26-25-. The largest absolute Gasteiger partial charge is 0.756 e. The minimum atomic E-state index is -4.63. The Hall–Kier alpha value is -2.55. The van der Waals surface area contributed by atoms with Gasteiger partial charge in [-0.25, -0.2) is 0 Å². The van der Waals surface area contributed by atoms with Crippen LogP contribution in [0.3, 0.4) is 0 Å². The van der Waals surface area contributed by atoms with Crippen LogP contribution in [0.4, 0.5) is 0 Å². The van der Waals surface area contributed by atoms with Crippen LogP contribution >= 0.6 is 7.82 Å². The number of esters is 2. The van der Waals surface area contributed by atoms with Crippen LogP contribution in [0.5, 0.6) is 0 Å². The number of quaternary nitrogens is 1. The molecule has 2 unspecified atom stereocenters. The van der Waals surface area contributed by atoms with Crippen molar-refractivity contribution in [1.82, 2.24) is 0 Å². The molecule has 0 spiro atoms. The van der Waals surface area contributed by atoms with Crippen molar-refractivity contribution in [2.24, 2.45) is 0 Å². The number of likely N-dealkylation sites (N-methyl/N-ethyl adjacent to an activating group) is 1. The molecule has 0 aliphatic carbocycles. The molecule has 412 valence electrons. The van der Waals surface area contributed by atoms with Crippen molar-refractivity contribution >= 4 is 19.8 Å². The van der Waals surface area contributed by atoms with E-state index in [4.69, 9.17) is 18.5 Å². The number of ether oxygens (including phenoxy) is 2. The lowest BCUT2D eigenvalue weighted by atomic mass is 10.0. The van der Waals surface area contributed by atoms with Crippen molar-refractivity contribution < 1.29 is 42.1 Å². The summed E-state index contributed by atoms with van der Waals surface area (Å²) in [5.74, 6) is -0.841. The molecule has 0 saturated heterocycles. The highest BCUT2D eigenvalue weighted by molar-refractivity contribution is 7.45. The van der Waals surface area contributed by atoms with E-state index >= 15 is 0 Å². The van der Waals surface area contributed by atoms with Gasteiger partial charge in [0, 0.05) is 12.8 Å². The second-order valence-corrected chi connectivity index (χ2v) is 22.0. The van der Waals surface area contributed by atoms with E-state index in [1.165, 1.54) is 122 Å². The molecule has 0 rings (SSSR count). The molecule has 0 heterocycles. The molecule has 0 radical (unpaired) electrons. The first kappa shape index (κ1) is 68.5. The van der Waals surface area contributed by atoms with E-state index in [0.29, 0.717) is 17.4 Å². The lowest BCUT2D eigenvalue weighted by Crippen LogP contribution is -2.37. The van der Waals surface area contributed by atoms with Crippen molar-refractivity contribution in [2.75, 3.05) is 47.5 Å². The molecule has 0 aromatic carbocycles. The molecule has 0 aliphatic heterocycles. The second kappa shape index (κ2) is 52.3. The third kappa shape index (κ3) is 56.6. The van der Waals surface area contributed by atoms with Crippen molar-refractivity contribution in [1.29, 1.82) is 0 Å². The van der Waals surface area contributed by atoms with Crippen molar-refractivity contribution in [3.63, 3.8) is 0 Å². The zero-order chi connectivity index (χ0) is 52.0. The highest BCUT2D eigenvalue weighted by atomic mass is 31.2. The summed E-state index contributed by atoms with van der Waals surface area (Å²) in [5.41, 5.74) is 0. The van der Waals surface area contributed by atoms with E-state index in [9.17, 15) is 19.0 Å². The summed E-state index contributed by atoms with van der Waals surface area (Å²) in [6.07, 6.45) is 68.4. The van der Waals surface area contributed by atoms with Gasteiger partial charge in [-0.15, -0.1) is 0 Å². The summed E-state index contributed by atoms with van der Waals surface area (Å²) in [7, 11) is 1.16. The van der Waals surface area contributed by atoms with Crippen LogP contribution in [0.1, 0.15) is 251 Å². The van der Waals surface area contributed by atoms with Gasteiger partial charge in [0.1, 0.15) is 19.8 Å². The van der Waals surface area contributed by atoms with Crippen molar-refractivity contribution in [3.05, 3.63) is 72.9 Å². The third-order valence-electron chi connectivity index (χ3n) is 12.4. The first-order valence-electron chi connectivity index (χ1n) is 29.1. The van der Waals surface area contributed by atoms with Gasteiger partial charge in [0.25, 0.3) is 7.82 Å². The lowest BCUT2D eigenvalue weighted by molar-refractivity contribution is -0.870. The fourth-order valence-electron chi connectivity index (χ4n) is 7.98. The van der Waals surface area contributed by atoms with Crippen LogP contribution in [-0.2, 0) is 32.7 Å². The van der Waals surface area contributed by atoms with Gasteiger partial charge in [-0.1, -0.05) is 234 Å². The normalized spacial score (nSPS) is 13.8. The molecular weight excluding hydrogens is 906 g/mol. The molecule has 9 nitrogen and oxygen atoms in total. The van der Waals surface area contributed by atoms with Crippen LogP contribution in [0.25, 0.3) is 0 Å². The summed E-state index contributed by atoms with van der Waals surface area (Å²) in [6, 6.07) is 0. The maximum Gasteiger partial charge on any atom is 0.306 e. The summed E-state index contributed by atoms with van der Waals surface area (Å²) in [4.78, 5) is 37.7. The fourth-order valence-corrected chi connectivity index (χ4v) is 8.71. The van der Waals surface area contributed by atoms with Gasteiger partial charge in [0.2, 0.25) is 0 Å². The number of phosphoric acid groups is 1. The van der Waals surface area contributed by atoms with E-state index < -0.39 is 32.5 Å². The molecule has 71 heavy (non-hydrogen) atoms. The molecule has 0 bridgehead atoms. The molecule has 0 aliphatic rings. The molecule has 2 atom stereocenters. The number of nitrogens with zero attached hydrogens (tertiary/aromatic N) is 1. The van der Waals surface area contributed by atoms with Crippen molar-refractivity contribution in [2.45, 2.75) is 258 Å². The first-order valence-corrected chi connectivity index (χ1v) is 30.6. The molecule has 0 aromatic heterocycles. The Balaban J connectivity index is 3.90. The topological polar surface area (TPSA) is 111 Å². The highest BCUT2D eigenvalue weighted by Crippen LogP contribution is 2.38. The van der Waals surface area contributed by atoms with Gasteiger partial charge in [-0.05, 0) is 77.0 Å². The predicted octanol–water partition coefficient (Wildman–Crippen LogP) is 17.5. The zero-order valence-electron chi connectivity index (χ0n) is 46.7. The first-order chi connectivity index (χ1) is 34.5. The number of hydrogen-bond donors (Lipinski definition) is 0. The number of carbonyl (C=O) groups excluding carboxylic acids is 2. The lowest BCUT2D eigenvalue weighted by Gasteiger charge is -2.28. The smallest absolute Gasteiger partial charge is 0.306 e. The van der Waals surface area contributed by atoms with Gasteiger partial charge >= 0.3 is 11.9 Å². The minimum absolute atomic E-state index is 0.0322. The number of allylic oxidation sites excluding steroid dienone is 12. The molecular formula is C61H110NO8P. The maximum absolute atomic E-state index is 12.8. The van der Waals surface area contributed by atoms with Crippen LogP contribution < -0.4 is 4.89 Å². The summed E-state index contributed by atoms with van der Waals surface area (Å²) in [6.45, 7) is 4.06. The summed E-state index contributed by atoms with van der Waals surface area (Å²) in [5, 5.41) is 0. The van der Waals surface area contributed by atoms with Crippen LogP contribution in [0.15, 0.2) is 72.9 Å². The number of hydrogen-bond acceptors (Lipinski definition) is 8. The predicted molar refractivity (Wildman–Crippen MR) is 300 cm³/mol. The molecule has 10 heteroatoms. The Morgan fingerprint density at radius 1 is 0.451 bits per heavy atom. The number of phosphoric ester groups is 1. The Morgan fingerprint density at radius 3 is 1.21 bits per heavy atom. The van der Waals surface area contributed by atoms with E-state index in [0.717, 1.165) is 96.3 Å². The van der Waals surface area contributed by atoms with Crippen LogP contribution in [-0.4, -0.2) is 70.0 Å². The Kier molecular flexibility index (Phi) is 50.4. The zero-order valence-corrected chi connectivity index (χ0v) is 47.6. The average molecular weight is 1020 g/mol. The maximum atomic E-state index is 12.8. The molecule has 0 N–H and O–H groups in total. The summed E-state index contributed by atoms with van der Waals surface area (Å²) >= 11 is 0. The number of unbranched alkanes of at least 4 members (excludes halogenated alkanes) is 27. The molecule has 0 saturated carbocycles. The third-order valence-corrected chi connectivity index (χ3v) is 13.4. The van der Waals surface area contributed by atoms with Gasteiger partial charge in [0.15, 0.2) is 6.10 Å². The van der Waals surface area contributed by atoms with Gasteiger partial charge in [-0.2, -0.15) is 0 Å². The van der Waals surface area contributed by atoms with Gasteiger partial charge in [-0.3, -0.25) is 14.2 Å². The van der Waals surface area contributed by atoms with E-state index in [-0.39, 0.29) is 26.1 Å². The second-order valence-electron chi connectivity index (χ2n) is 20.6. The average Bonchev–Trinajstić information content (AvgIpc) is 3.33. The summed E-state index contributed by atoms with van der Waals surface area (Å²) < 4.78 is 34.0. The molecule has 0 aromatic rings. The SMILES string of the molecule is CC/C=C\C/C=C\C/C=C\C/C=C\C/C=C\CCCCCCCCCCCCCCCCCCCCCCCC(=O)OC(COC(=O)CCCCCCC/C=C\CCC)COP(=O)([O-])OCC[N+](C)(C)C. The van der Waals surface area contributed by atoms with Gasteiger partial charge in [0.05, 0.1) is 27.7 Å². The number of carbonyl (C=O) groups is 2. The number of rotatable bonds is 53. The van der Waals surface area contributed by atoms with Crippen LogP contribution in [0, 0.1) is 0 Å². The Morgan fingerprint density at radius 2 is 0.803 bits per heavy atom. The minimum Gasteiger partial charge on any atom is -0.756 e. The monoisotopic (exact) mass is 1020 g/mol. The molecule has 0 amide bonds. The van der Waals surface area contributed by atoms with Crippen LogP contribution in [0.2, 0.25) is 0 Å².